The average molecular weight is 301 g/mol. The Bertz CT molecular complexity index is 430. The Morgan fingerprint density at radius 3 is 2.95 bits per heavy atom. The molecule has 0 radical (unpaired) electrons. The molecule has 1 aliphatic heterocycles. The number of nitrogens with zero attached hydrogens (tertiary/aromatic N) is 1. The molecule has 0 amide bonds. The minimum atomic E-state index is 0.683. The Kier molecular flexibility index (Phi) is 7.47. The molecule has 1 atom stereocenters. The summed E-state index contributed by atoms with van der Waals surface area (Å²) in [5, 5.41) is 7.05. The Labute approximate surface area is 135 Å². The van der Waals surface area contributed by atoms with Crippen molar-refractivity contribution in [3.63, 3.8) is 0 Å². The van der Waals surface area contributed by atoms with Crippen LogP contribution in [0.1, 0.15) is 31.7 Å². The molecule has 3 heteroatoms. The molecule has 0 aliphatic carbocycles. The molecule has 22 heavy (non-hydrogen) atoms. The summed E-state index contributed by atoms with van der Waals surface area (Å²) >= 11 is 0. The van der Waals surface area contributed by atoms with Gasteiger partial charge in [0.15, 0.2) is 0 Å². The van der Waals surface area contributed by atoms with Crippen LogP contribution in [0.5, 0.6) is 0 Å². The molecule has 1 aromatic carbocycles. The van der Waals surface area contributed by atoms with Gasteiger partial charge in [0.2, 0.25) is 0 Å². The molecule has 0 bridgehead atoms. The van der Waals surface area contributed by atoms with Crippen LogP contribution in [-0.4, -0.2) is 43.7 Å². The Balaban J connectivity index is 1.53. The van der Waals surface area contributed by atoms with Crippen LogP contribution in [0.15, 0.2) is 42.6 Å². The van der Waals surface area contributed by atoms with Crippen molar-refractivity contribution in [1.82, 2.24) is 15.5 Å². The number of hydrogen-bond donors (Lipinski definition) is 2. The van der Waals surface area contributed by atoms with Crippen LogP contribution >= 0.6 is 0 Å². The second-order valence-corrected chi connectivity index (χ2v) is 6.23. The van der Waals surface area contributed by atoms with E-state index in [0.717, 1.165) is 31.6 Å². The molecule has 2 N–H and O–H groups in total. The van der Waals surface area contributed by atoms with Gasteiger partial charge < -0.3 is 15.5 Å². The Morgan fingerprint density at radius 1 is 1.36 bits per heavy atom. The molecule has 0 aromatic heterocycles. The Morgan fingerprint density at radius 2 is 2.18 bits per heavy atom. The lowest BCUT2D eigenvalue weighted by molar-refractivity contribution is 0.195. The summed E-state index contributed by atoms with van der Waals surface area (Å²) in [5.41, 5.74) is 2.55. The number of allylic oxidation sites excluding steroid dienone is 1. The third-order valence-corrected chi connectivity index (χ3v) is 4.42. The molecular weight excluding hydrogens is 270 g/mol. The summed E-state index contributed by atoms with van der Waals surface area (Å²) in [6.45, 7) is 12.2. The van der Waals surface area contributed by atoms with Crippen molar-refractivity contribution < 1.29 is 0 Å². The van der Waals surface area contributed by atoms with Crippen molar-refractivity contribution >= 4 is 0 Å². The summed E-state index contributed by atoms with van der Waals surface area (Å²) in [6, 6.07) is 11.3. The topological polar surface area (TPSA) is 27.3 Å². The van der Waals surface area contributed by atoms with E-state index in [2.05, 4.69) is 59.4 Å². The van der Waals surface area contributed by atoms with E-state index in [4.69, 9.17) is 0 Å². The van der Waals surface area contributed by atoms with Crippen LogP contribution in [0.25, 0.3) is 0 Å². The smallest absolute Gasteiger partial charge is 0.0192 e. The molecule has 3 nitrogen and oxygen atoms in total. The first-order valence-corrected chi connectivity index (χ1v) is 8.69. The second-order valence-electron chi connectivity index (χ2n) is 6.23. The van der Waals surface area contributed by atoms with E-state index in [1.165, 1.54) is 38.0 Å². The molecule has 1 unspecified atom stereocenters. The number of piperazine rings is 1. The predicted octanol–water partition coefficient (Wildman–Crippen LogP) is 2.80. The first-order valence-electron chi connectivity index (χ1n) is 8.69. The van der Waals surface area contributed by atoms with Gasteiger partial charge in [-0.05, 0) is 37.8 Å². The number of nitrogens with one attached hydrogen (secondary N) is 2. The summed E-state index contributed by atoms with van der Waals surface area (Å²) in [5.74, 6) is 0. The highest BCUT2D eigenvalue weighted by Gasteiger charge is 2.16. The van der Waals surface area contributed by atoms with Crippen LogP contribution in [0.4, 0.5) is 0 Å². The van der Waals surface area contributed by atoms with Crippen LogP contribution in [0, 0.1) is 0 Å². The molecule has 122 valence electrons. The van der Waals surface area contributed by atoms with Gasteiger partial charge in [-0.3, -0.25) is 0 Å². The van der Waals surface area contributed by atoms with E-state index >= 15 is 0 Å². The molecular formula is C19H31N3. The minimum Gasteiger partial charge on any atom is -0.389 e. The SMILES string of the molecule is C=C(CCc1ccccc1)NCCCN1CCNC(CC)C1. The first kappa shape index (κ1) is 17.0. The van der Waals surface area contributed by atoms with Gasteiger partial charge in [0.05, 0.1) is 0 Å². The van der Waals surface area contributed by atoms with Gasteiger partial charge in [0, 0.05) is 37.9 Å². The maximum atomic E-state index is 4.14. The quantitative estimate of drug-likeness (QED) is 0.687. The molecule has 0 saturated carbocycles. The van der Waals surface area contributed by atoms with Crippen molar-refractivity contribution in [3.8, 4) is 0 Å². The lowest BCUT2D eigenvalue weighted by Crippen LogP contribution is -2.50. The largest absolute Gasteiger partial charge is 0.389 e. The molecule has 2 rings (SSSR count). The zero-order valence-corrected chi connectivity index (χ0v) is 14.0. The monoisotopic (exact) mass is 301 g/mol. The number of hydrogen-bond acceptors (Lipinski definition) is 3. The standard InChI is InChI=1S/C19H31N3/c1-3-19-16-22(15-13-21-19)14-7-12-20-17(2)10-11-18-8-5-4-6-9-18/h4-6,8-9,19-21H,2-3,7,10-16H2,1H3. The highest BCUT2D eigenvalue weighted by Crippen LogP contribution is 2.06. The fraction of sp³-hybridized carbons (Fsp3) is 0.579. The van der Waals surface area contributed by atoms with Crippen molar-refractivity contribution in [2.75, 3.05) is 32.7 Å². The van der Waals surface area contributed by atoms with Crippen molar-refractivity contribution in [3.05, 3.63) is 48.2 Å². The van der Waals surface area contributed by atoms with Crippen LogP contribution < -0.4 is 10.6 Å². The fourth-order valence-corrected chi connectivity index (χ4v) is 2.97. The van der Waals surface area contributed by atoms with Gasteiger partial charge in [0.25, 0.3) is 0 Å². The van der Waals surface area contributed by atoms with Crippen LogP contribution in [0.2, 0.25) is 0 Å². The lowest BCUT2D eigenvalue weighted by Gasteiger charge is -2.33. The zero-order chi connectivity index (χ0) is 15.6. The van der Waals surface area contributed by atoms with Gasteiger partial charge in [-0.1, -0.05) is 43.8 Å². The molecule has 1 heterocycles. The summed E-state index contributed by atoms with van der Waals surface area (Å²) < 4.78 is 0. The van der Waals surface area contributed by atoms with Crippen LogP contribution in [0.3, 0.4) is 0 Å². The van der Waals surface area contributed by atoms with E-state index in [-0.39, 0.29) is 0 Å². The van der Waals surface area contributed by atoms with Crippen molar-refractivity contribution in [1.29, 1.82) is 0 Å². The van der Waals surface area contributed by atoms with E-state index in [1.807, 2.05) is 0 Å². The highest BCUT2D eigenvalue weighted by atomic mass is 15.2. The normalized spacial score (nSPS) is 19.0. The summed E-state index contributed by atoms with van der Waals surface area (Å²) in [4.78, 5) is 2.58. The number of aryl methyl sites for hydroxylation is 1. The maximum Gasteiger partial charge on any atom is 0.0192 e. The predicted molar refractivity (Wildman–Crippen MR) is 95.0 cm³/mol. The molecule has 0 spiro atoms. The van der Waals surface area contributed by atoms with Gasteiger partial charge in [-0.2, -0.15) is 0 Å². The molecule has 1 aliphatic rings. The minimum absolute atomic E-state index is 0.683. The van der Waals surface area contributed by atoms with E-state index < -0.39 is 0 Å². The number of benzene rings is 1. The van der Waals surface area contributed by atoms with E-state index in [9.17, 15) is 0 Å². The van der Waals surface area contributed by atoms with Gasteiger partial charge in [-0.25, -0.2) is 0 Å². The summed E-state index contributed by atoms with van der Waals surface area (Å²) in [6.07, 6.45) is 4.52. The van der Waals surface area contributed by atoms with Gasteiger partial charge in [0.1, 0.15) is 0 Å². The Hall–Kier alpha value is -1.32. The summed E-state index contributed by atoms with van der Waals surface area (Å²) in [7, 11) is 0. The lowest BCUT2D eigenvalue weighted by atomic mass is 10.1. The third-order valence-electron chi connectivity index (χ3n) is 4.42. The molecule has 1 aromatic rings. The first-order chi connectivity index (χ1) is 10.8. The van der Waals surface area contributed by atoms with E-state index in [0.29, 0.717) is 6.04 Å². The van der Waals surface area contributed by atoms with Crippen molar-refractivity contribution in [2.24, 2.45) is 0 Å². The second kappa shape index (κ2) is 9.65. The fourth-order valence-electron chi connectivity index (χ4n) is 2.97. The van der Waals surface area contributed by atoms with Crippen LogP contribution in [-0.2, 0) is 6.42 Å². The zero-order valence-electron chi connectivity index (χ0n) is 14.0. The average Bonchev–Trinajstić information content (AvgIpc) is 2.58. The molecule has 1 saturated heterocycles. The van der Waals surface area contributed by atoms with Crippen molar-refractivity contribution in [2.45, 2.75) is 38.6 Å². The maximum absolute atomic E-state index is 4.14. The molecule has 1 fully saturated rings. The third kappa shape index (κ3) is 6.20. The number of rotatable bonds is 9. The van der Waals surface area contributed by atoms with E-state index in [1.54, 1.807) is 0 Å². The highest BCUT2D eigenvalue weighted by molar-refractivity contribution is 5.15. The van der Waals surface area contributed by atoms with Gasteiger partial charge in [-0.15, -0.1) is 0 Å². The van der Waals surface area contributed by atoms with Gasteiger partial charge >= 0.3 is 0 Å².